The molecule has 0 aliphatic carbocycles. The van der Waals surface area contributed by atoms with Gasteiger partial charge in [-0.1, -0.05) is 31.2 Å². The molecule has 0 atom stereocenters. The molecule has 0 aliphatic heterocycles. The first-order valence-electron chi connectivity index (χ1n) is 7.79. The first-order chi connectivity index (χ1) is 11.6. The summed E-state index contributed by atoms with van der Waals surface area (Å²) in [6.45, 7) is 3.76. The van der Waals surface area contributed by atoms with Crippen molar-refractivity contribution in [3.05, 3.63) is 66.2 Å². The largest absolute Gasteiger partial charge is 0.323 e. The van der Waals surface area contributed by atoms with Gasteiger partial charge in [-0.05, 0) is 49.7 Å². The third-order valence-electron chi connectivity index (χ3n) is 3.30. The van der Waals surface area contributed by atoms with Crippen LogP contribution in [0.3, 0.4) is 0 Å². The molecule has 0 bridgehead atoms. The Balaban J connectivity index is 1.91. The Morgan fingerprint density at radius 3 is 1.88 bits per heavy atom. The molecule has 0 spiro atoms. The smallest absolute Gasteiger partial charge is 0.322 e. The highest BCUT2D eigenvalue weighted by atomic mass is 16.2. The molecular formula is C19H21N3O2. The summed E-state index contributed by atoms with van der Waals surface area (Å²) in [6.07, 6.45) is 2.69. The van der Waals surface area contributed by atoms with Gasteiger partial charge in [0.15, 0.2) is 0 Å². The van der Waals surface area contributed by atoms with Gasteiger partial charge < -0.3 is 16.0 Å². The van der Waals surface area contributed by atoms with E-state index in [1.54, 1.807) is 31.2 Å². The number of hydrogen-bond acceptors (Lipinski definition) is 2. The lowest BCUT2D eigenvalue weighted by Crippen LogP contribution is -2.19. The van der Waals surface area contributed by atoms with Gasteiger partial charge in [0.25, 0.3) is 5.91 Å². The zero-order valence-corrected chi connectivity index (χ0v) is 13.8. The van der Waals surface area contributed by atoms with E-state index in [1.165, 1.54) is 0 Å². The number of amides is 3. The second-order valence-corrected chi connectivity index (χ2v) is 5.27. The van der Waals surface area contributed by atoms with Gasteiger partial charge in [-0.3, -0.25) is 4.79 Å². The maximum absolute atomic E-state index is 11.9. The number of carbonyl (C=O) groups is 2. The minimum absolute atomic E-state index is 0.126. The SMILES string of the molecule is CC/C=C(\C)C(=O)Nc1ccc(NC(=O)Nc2ccccc2)cc1. The average molecular weight is 323 g/mol. The van der Waals surface area contributed by atoms with Crippen molar-refractivity contribution in [1.29, 1.82) is 0 Å². The van der Waals surface area contributed by atoms with Crippen LogP contribution in [-0.4, -0.2) is 11.9 Å². The van der Waals surface area contributed by atoms with Crippen LogP contribution in [0.25, 0.3) is 0 Å². The lowest BCUT2D eigenvalue weighted by Gasteiger charge is -2.09. The molecule has 3 amide bonds. The number of para-hydroxylation sites is 1. The summed E-state index contributed by atoms with van der Waals surface area (Å²) in [6, 6.07) is 15.8. The summed E-state index contributed by atoms with van der Waals surface area (Å²) >= 11 is 0. The highest BCUT2D eigenvalue weighted by Crippen LogP contribution is 2.15. The summed E-state index contributed by atoms with van der Waals surface area (Å²) in [5, 5.41) is 8.29. The van der Waals surface area contributed by atoms with E-state index in [1.807, 2.05) is 43.3 Å². The van der Waals surface area contributed by atoms with E-state index in [9.17, 15) is 9.59 Å². The number of allylic oxidation sites excluding steroid dienone is 1. The minimum atomic E-state index is -0.320. The van der Waals surface area contributed by atoms with Crippen molar-refractivity contribution in [3.8, 4) is 0 Å². The van der Waals surface area contributed by atoms with E-state index in [0.717, 1.165) is 12.1 Å². The highest BCUT2D eigenvalue weighted by molar-refractivity contribution is 6.03. The first kappa shape index (κ1) is 17.3. The van der Waals surface area contributed by atoms with Gasteiger partial charge >= 0.3 is 6.03 Å². The average Bonchev–Trinajstić information content (AvgIpc) is 2.57. The van der Waals surface area contributed by atoms with Crippen LogP contribution in [0.4, 0.5) is 21.9 Å². The minimum Gasteiger partial charge on any atom is -0.322 e. The predicted octanol–water partition coefficient (Wildman–Crippen LogP) is 4.63. The Morgan fingerprint density at radius 1 is 0.833 bits per heavy atom. The van der Waals surface area contributed by atoms with Crippen LogP contribution in [0.15, 0.2) is 66.2 Å². The van der Waals surface area contributed by atoms with E-state index in [-0.39, 0.29) is 11.9 Å². The van der Waals surface area contributed by atoms with Crippen LogP contribution >= 0.6 is 0 Å². The van der Waals surface area contributed by atoms with E-state index in [2.05, 4.69) is 16.0 Å². The Hall–Kier alpha value is -3.08. The van der Waals surface area contributed by atoms with E-state index >= 15 is 0 Å². The summed E-state index contributed by atoms with van der Waals surface area (Å²) in [4.78, 5) is 23.8. The van der Waals surface area contributed by atoms with Crippen LogP contribution < -0.4 is 16.0 Å². The van der Waals surface area contributed by atoms with Crippen molar-refractivity contribution in [2.75, 3.05) is 16.0 Å². The summed E-state index contributed by atoms with van der Waals surface area (Å²) in [5.74, 6) is -0.126. The molecule has 2 aromatic rings. The predicted molar refractivity (Wildman–Crippen MR) is 98.2 cm³/mol. The zero-order valence-electron chi connectivity index (χ0n) is 13.8. The molecule has 0 aromatic heterocycles. The van der Waals surface area contributed by atoms with Gasteiger partial charge in [0.05, 0.1) is 0 Å². The Morgan fingerprint density at radius 2 is 1.33 bits per heavy atom. The van der Waals surface area contributed by atoms with E-state index in [0.29, 0.717) is 16.9 Å². The number of hydrogen-bond donors (Lipinski definition) is 3. The number of anilines is 3. The highest BCUT2D eigenvalue weighted by Gasteiger charge is 2.05. The van der Waals surface area contributed by atoms with Gasteiger partial charge in [-0.15, -0.1) is 0 Å². The van der Waals surface area contributed by atoms with Crippen LogP contribution in [0.5, 0.6) is 0 Å². The second-order valence-electron chi connectivity index (χ2n) is 5.27. The first-order valence-corrected chi connectivity index (χ1v) is 7.79. The molecule has 0 aliphatic rings. The van der Waals surface area contributed by atoms with Crippen molar-refractivity contribution < 1.29 is 9.59 Å². The third kappa shape index (κ3) is 5.28. The molecule has 3 N–H and O–H groups in total. The zero-order chi connectivity index (χ0) is 17.4. The molecule has 2 aromatic carbocycles. The maximum atomic E-state index is 11.9. The van der Waals surface area contributed by atoms with Crippen molar-refractivity contribution in [1.82, 2.24) is 0 Å². The topological polar surface area (TPSA) is 70.2 Å². The van der Waals surface area contributed by atoms with E-state index < -0.39 is 0 Å². The second kappa shape index (κ2) is 8.53. The summed E-state index contributed by atoms with van der Waals surface area (Å²) in [5.41, 5.74) is 2.72. The Labute approximate surface area is 141 Å². The van der Waals surface area contributed by atoms with Crippen molar-refractivity contribution in [2.24, 2.45) is 0 Å². The van der Waals surface area contributed by atoms with Gasteiger partial charge in [0.2, 0.25) is 0 Å². The van der Waals surface area contributed by atoms with Crippen LogP contribution in [0.1, 0.15) is 20.3 Å². The number of nitrogens with one attached hydrogen (secondary N) is 3. The molecule has 0 fully saturated rings. The lowest BCUT2D eigenvalue weighted by atomic mass is 10.2. The number of benzene rings is 2. The molecule has 0 unspecified atom stereocenters. The summed E-state index contributed by atoms with van der Waals surface area (Å²) < 4.78 is 0. The monoisotopic (exact) mass is 323 g/mol. The lowest BCUT2D eigenvalue weighted by molar-refractivity contribution is -0.112. The fourth-order valence-corrected chi connectivity index (χ4v) is 2.08. The van der Waals surface area contributed by atoms with Crippen molar-refractivity contribution in [3.63, 3.8) is 0 Å². The van der Waals surface area contributed by atoms with Gasteiger partial charge in [0.1, 0.15) is 0 Å². The molecule has 124 valence electrons. The Bertz CT molecular complexity index is 722. The molecular weight excluding hydrogens is 302 g/mol. The van der Waals surface area contributed by atoms with Crippen LogP contribution in [-0.2, 0) is 4.79 Å². The Kier molecular flexibility index (Phi) is 6.14. The van der Waals surface area contributed by atoms with Crippen molar-refractivity contribution >= 4 is 29.0 Å². The van der Waals surface area contributed by atoms with Gasteiger partial charge in [-0.2, -0.15) is 0 Å². The quantitative estimate of drug-likeness (QED) is 0.702. The molecule has 24 heavy (non-hydrogen) atoms. The number of rotatable bonds is 5. The molecule has 5 heteroatoms. The molecule has 0 saturated carbocycles. The molecule has 0 heterocycles. The van der Waals surface area contributed by atoms with E-state index in [4.69, 9.17) is 0 Å². The molecule has 0 saturated heterocycles. The molecule has 2 rings (SSSR count). The van der Waals surface area contributed by atoms with Crippen LogP contribution in [0.2, 0.25) is 0 Å². The standard InChI is InChI=1S/C19H21N3O2/c1-3-7-14(2)18(23)20-16-10-12-17(13-11-16)22-19(24)21-15-8-5-4-6-9-15/h4-13H,3H2,1-2H3,(H,20,23)(H2,21,22,24)/b14-7+. The van der Waals surface area contributed by atoms with Gasteiger partial charge in [0, 0.05) is 22.6 Å². The number of urea groups is 1. The maximum Gasteiger partial charge on any atom is 0.323 e. The number of carbonyl (C=O) groups excluding carboxylic acids is 2. The van der Waals surface area contributed by atoms with Gasteiger partial charge in [-0.25, -0.2) is 4.79 Å². The normalized spacial score (nSPS) is 10.8. The van der Waals surface area contributed by atoms with Crippen LogP contribution in [0, 0.1) is 0 Å². The van der Waals surface area contributed by atoms with Crippen molar-refractivity contribution in [2.45, 2.75) is 20.3 Å². The molecule has 0 radical (unpaired) electrons. The summed E-state index contributed by atoms with van der Waals surface area (Å²) in [7, 11) is 0. The fraction of sp³-hybridized carbons (Fsp3) is 0.158. The third-order valence-corrected chi connectivity index (χ3v) is 3.30. The molecule has 5 nitrogen and oxygen atoms in total. The fourth-order valence-electron chi connectivity index (χ4n) is 2.08.